The van der Waals surface area contributed by atoms with Crippen LogP contribution in [0.5, 0.6) is 0 Å². The number of carboxylic acid groups (broad SMARTS) is 1. The summed E-state index contributed by atoms with van der Waals surface area (Å²) in [6.45, 7) is 0.489. The number of carboxylic acids is 1. The van der Waals surface area contributed by atoms with Gasteiger partial charge in [0.05, 0.1) is 6.54 Å². The molecule has 1 rings (SSSR count). The van der Waals surface area contributed by atoms with E-state index >= 15 is 0 Å². The SMILES string of the molecule is O=C(O)CNCc1ccc(Br)nc1. The third-order valence-electron chi connectivity index (χ3n) is 1.39. The zero-order valence-corrected chi connectivity index (χ0v) is 8.41. The molecule has 13 heavy (non-hydrogen) atoms. The molecule has 4 nitrogen and oxygen atoms in total. The van der Waals surface area contributed by atoms with Crippen molar-refractivity contribution in [3.63, 3.8) is 0 Å². The van der Waals surface area contributed by atoms with E-state index in [0.717, 1.165) is 10.2 Å². The highest BCUT2D eigenvalue weighted by Crippen LogP contribution is 2.05. The Morgan fingerprint density at radius 1 is 1.62 bits per heavy atom. The second kappa shape index (κ2) is 4.94. The molecular weight excluding hydrogens is 236 g/mol. The Morgan fingerprint density at radius 3 is 2.92 bits per heavy atom. The van der Waals surface area contributed by atoms with E-state index in [1.54, 1.807) is 6.20 Å². The van der Waals surface area contributed by atoms with Gasteiger partial charge < -0.3 is 10.4 Å². The summed E-state index contributed by atoms with van der Waals surface area (Å²) in [6.07, 6.45) is 1.69. The zero-order chi connectivity index (χ0) is 9.68. The highest BCUT2D eigenvalue weighted by atomic mass is 79.9. The number of nitrogens with zero attached hydrogens (tertiary/aromatic N) is 1. The number of hydrogen-bond donors (Lipinski definition) is 2. The lowest BCUT2D eigenvalue weighted by atomic mass is 10.3. The number of pyridine rings is 1. The highest BCUT2D eigenvalue weighted by molar-refractivity contribution is 9.10. The molecule has 0 radical (unpaired) electrons. The van der Waals surface area contributed by atoms with E-state index < -0.39 is 5.97 Å². The molecule has 70 valence electrons. The van der Waals surface area contributed by atoms with Gasteiger partial charge in [0.15, 0.2) is 0 Å². The summed E-state index contributed by atoms with van der Waals surface area (Å²) in [4.78, 5) is 14.2. The number of carbonyl (C=O) groups is 1. The lowest BCUT2D eigenvalue weighted by Gasteiger charge is -2.00. The molecule has 0 unspecified atom stereocenters. The van der Waals surface area contributed by atoms with Gasteiger partial charge in [0.25, 0.3) is 0 Å². The first kappa shape index (κ1) is 10.1. The van der Waals surface area contributed by atoms with E-state index in [4.69, 9.17) is 5.11 Å². The van der Waals surface area contributed by atoms with E-state index in [0.29, 0.717) is 6.54 Å². The second-order valence-electron chi connectivity index (χ2n) is 2.49. The van der Waals surface area contributed by atoms with Crippen LogP contribution in [0, 0.1) is 0 Å². The summed E-state index contributed by atoms with van der Waals surface area (Å²) >= 11 is 3.21. The maximum Gasteiger partial charge on any atom is 0.317 e. The van der Waals surface area contributed by atoms with Crippen molar-refractivity contribution in [1.29, 1.82) is 0 Å². The first-order chi connectivity index (χ1) is 6.18. The van der Waals surface area contributed by atoms with E-state index in [9.17, 15) is 4.79 Å². The van der Waals surface area contributed by atoms with Crippen LogP contribution in [0.1, 0.15) is 5.56 Å². The van der Waals surface area contributed by atoms with E-state index in [-0.39, 0.29) is 6.54 Å². The minimum atomic E-state index is -0.856. The first-order valence-electron chi connectivity index (χ1n) is 3.71. The van der Waals surface area contributed by atoms with Gasteiger partial charge in [0.2, 0.25) is 0 Å². The normalized spacial score (nSPS) is 9.92. The number of aliphatic carboxylic acids is 1. The van der Waals surface area contributed by atoms with Gasteiger partial charge in [-0.15, -0.1) is 0 Å². The molecule has 0 fully saturated rings. The minimum Gasteiger partial charge on any atom is -0.480 e. The lowest BCUT2D eigenvalue weighted by molar-refractivity contribution is -0.135. The molecule has 5 heteroatoms. The fourth-order valence-electron chi connectivity index (χ4n) is 0.825. The average molecular weight is 245 g/mol. The fourth-order valence-corrected chi connectivity index (χ4v) is 1.06. The quantitative estimate of drug-likeness (QED) is 0.777. The van der Waals surface area contributed by atoms with Crippen LogP contribution in [0.15, 0.2) is 22.9 Å². The first-order valence-corrected chi connectivity index (χ1v) is 4.51. The molecule has 0 saturated carbocycles. The maximum atomic E-state index is 10.2. The Bertz CT molecular complexity index is 287. The summed E-state index contributed by atoms with van der Waals surface area (Å²) in [5.74, 6) is -0.856. The predicted octanol–water partition coefficient (Wildman–Crippen LogP) is 1.02. The Labute approximate surface area is 84.1 Å². The number of rotatable bonds is 4. The van der Waals surface area contributed by atoms with Gasteiger partial charge in [-0.05, 0) is 27.6 Å². The second-order valence-corrected chi connectivity index (χ2v) is 3.30. The highest BCUT2D eigenvalue weighted by Gasteiger charge is 1.96. The molecule has 0 spiro atoms. The van der Waals surface area contributed by atoms with Crippen molar-refractivity contribution < 1.29 is 9.90 Å². The molecule has 0 amide bonds. The van der Waals surface area contributed by atoms with Gasteiger partial charge in [-0.2, -0.15) is 0 Å². The van der Waals surface area contributed by atoms with Crippen molar-refractivity contribution in [2.75, 3.05) is 6.54 Å². The molecule has 0 atom stereocenters. The molecule has 0 aliphatic carbocycles. The molecule has 0 aliphatic heterocycles. The molecule has 0 aromatic carbocycles. The van der Waals surface area contributed by atoms with Crippen molar-refractivity contribution in [3.8, 4) is 0 Å². The van der Waals surface area contributed by atoms with Crippen LogP contribution in [0.3, 0.4) is 0 Å². The number of halogens is 1. The van der Waals surface area contributed by atoms with Crippen LogP contribution in [0.4, 0.5) is 0 Å². The summed E-state index contributed by atoms with van der Waals surface area (Å²) in [6, 6.07) is 3.70. The number of nitrogens with one attached hydrogen (secondary N) is 1. The molecule has 0 bridgehead atoms. The number of hydrogen-bond acceptors (Lipinski definition) is 3. The van der Waals surface area contributed by atoms with Gasteiger partial charge in [-0.25, -0.2) is 4.98 Å². The van der Waals surface area contributed by atoms with Crippen LogP contribution in [-0.2, 0) is 11.3 Å². The number of aromatic nitrogens is 1. The topological polar surface area (TPSA) is 62.2 Å². The molecule has 1 aromatic heterocycles. The average Bonchev–Trinajstić information content (AvgIpc) is 2.08. The van der Waals surface area contributed by atoms with Crippen molar-refractivity contribution in [2.24, 2.45) is 0 Å². The smallest absolute Gasteiger partial charge is 0.317 e. The Kier molecular flexibility index (Phi) is 3.85. The van der Waals surface area contributed by atoms with E-state index in [1.807, 2.05) is 12.1 Å². The van der Waals surface area contributed by atoms with Crippen LogP contribution in [-0.4, -0.2) is 22.6 Å². The van der Waals surface area contributed by atoms with Gasteiger partial charge in [-0.1, -0.05) is 6.07 Å². The van der Waals surface area contributed by atoms with Crippen molar-refractivity contribution >= 4 is 21.9 Å². The van der Waals surface area contributed by atoms with Crippen molar-refractivity contribution in [2.45, 2.75) is 6.54 Å². The Morgan fingerprint density at radius 2 is 2.38 bits per heavy atom. The molecule has 0 aliphatic rings. The minimum absolute atomic E-state index is 0.0317. The lowest BCUT2D eigenvalue weighted by Crippen LogP contribution is -2.21. The van der Waals surface area contributed by atoms with Crippen molar-refractivity contribution in [3.05, 3.63) is 28.5 Å². The van der Waals surface area contributed by atoms with Gasteiger partial charge in [-0.3, -0.25) is 4.79 Å². The summed E-state index contributed by atoms with van der Waals surface area (Å²) < 4.78 is 0.773. The van der Waals surface area contributed by atoms with Gasteiger partial charge in [0, 0.05) is 12.7 Å². The van der Waals surface area contributed by atoms with Gasteiger partial charge in [0.1, 0.15) is 4.60 Å². The largest absolute Gasteiger partial charge is 0.480 e. The van der Waals surface area contributed by atoms with Crippen LogP contribution in [0.25, 0.3) is 0 Å². The third-order valence-corrected chi connectivity index (χ3v) is 1.86. The third kappa shape index (κ3) is 4.00. The molecular formula is C8H9BrN2O2. The molecule has 1 aromatic rings. The van der Waals surface area contributed by atoms with E-state index in [1.165, 1.54) is 0 Å². The van der Waals surface area contributed by atoms with Crippen molar-refractivity contribution in [1.82, 2.24) is 10.3 Å². The summed E-state index contributed by atoms with van der Waals surface area (Å²) in [5, 5.41) is 11.1. The predicted molar refractivity (Wildman–Crippen MR) is 51.3 cm³/mol. The Balaban J connectivity index is 2.37. The molecule has 1 heterocycles. The maximum absolute atomic E-state index is 10.2. The van der Waals surface area contributed by atoms with Gasteiger partial charge >= 0.3 is 5.97 Å². The zero-order valence-electron chi connectivity index (χ0n) is 6.83. The summed E-state index contributed by atoms with van der Waals surface area (Å²) in [5.41, 5.74) is 0.962. The standard InChI is InChI=1S/C8H9BrN2O2/c9-7-2-1-6(4-11-7)3-10-5-8(12)13/h1-2,4,10H,3,5H2,(H,12,13). The fraction of sp³-hybridized carbons (Fsp3) is 0.250. The molecule has 2 N–H and O–H groups in total. The summed E-state index contributed by atoms with van der Waals surface area (Å²) in [7, 11) is 0. The van der Waals surface area contributed by atoms with Crippen LogP contribution >= 0.6 is 15.9 Å². The molecule has 0 saturated heterocycles. The van der Waals surface area contributed by atoms with E-state index in [2.05, 4.69) is 26.2 Å². The Hall–Kier alpha value is -0.940. The monoisotopic (exact) mass is 244 g/mol. The van der Waals surface area contributed by atoms with Crippen LogP contribution in [0.2, 0.25) is 0 Å². The van der Waals surface area contributed by atoms with Crippen LogP contribution < -0.4 is 5.32 Å².